The zero-order valence-corrected chi connectivity index (χ0v) is 8.70. The minimum absolute atomic E-state index is 0.177. The minimum Gasteiger partial charge on any atom is -0.406 e. The van der Waals surface area contributed by atoms with Crippen LogP contribution >= 0.6 is 0 Å². The van der Waals surface area contributed by atoms with E-state index in [1.54, 1.807) is 19.1 Å². The molecule has 84 valence electrons. The number of rotatable bonds is 3. The molecule has 0 amide bonds. The maximum atomic E-state index is 13.2. The quantitative estimate of drug-likeness (QED) is 0.826. The first-order valence-corrected chi connectivity index (χ1v) is 4.75. The number of halogens is 1. The third-order valence-electron chi connectivity index (χ3n) is 2.15. The third kappa shape index (κ3) is 2.01. The molecule has 16 heavy (non-hydrogen) atoms. The molecule has 0 aliphatic heterocycles. The highest BCUT2D eigenvalue weighted by Gasteiger charge is 2.08. The highest BCUT2D eigenvalue weighted by atomic mass is 19.1. The van der Waals surface area contributed by atoms with Crippen LogP contribution in [0.3, 0.4) is 0 Å². The van der Waals surface area contributed by atoms with Crippen LogP contribution in [-0.4, -0.2) is 10.2 Å². The Balaban J connectivity index is 2.23. The van der Waals surface area contributed by atoms with Crippen molar-refractivity contribution in [3.05, 3.63) is 35.5 Å². The Bertz CT molecular complexity index is 497. The minimum atomic E-state index is -0.288. The molecule has 0 bridgehead atoms. The van der Waals surface area contributed by atoms with Gasteiger partial charge in [-0.3, -0.25) is 0 Å². The number of anilines is 2. The molecule has 0 saturated carbocycles. The van der Waals surface area contributed by atoms with E-state index >= 15 is 0 Å². The van der Waals surface area contributed by atoms with Crippen LogP contribution in [0, 0.1) is 12.7 Å². The average molecular weight is 222 g/mol. The van der Waals surface area contributed by atoms with E-state index in [1.165, 1.54) is 6.07 Å². The molecule has 1 aromatic carbocycles. The van der Waals surface area contributed by atoms with Crippen molar-refractivity contribution < 1.29 is 8.81 Å². The van der Waals surface area contributed by atoms with Crippen LogP contribution in [0.1, 0.15) is 11.5 Å². The molecule has 1 aromatic heterocycles. The molecule has 0 saturated heterocycles. The van der Waals surface area contributed by atoms with E-state index in [2.05, 4.69) is 15.5 Å². The summed E-state index contributed by atoms with van der Waals surface area (Å²) in [4.78, 5) is 0. The zero-order chi connectivity index (χ0) is 11.5. The van der Waals surface area contributed by atoms with E-state index in [-0.39, 0.29) is 18.4 Å². The lowest BCUT2D eigenvalue weighted by molar-refractivity contribution is 0.511. The van der Waals surface area contributed by atoms with Crippen molar-refractivity contribution in [3.8, 4) is 0 Å². The van der Waals surface area contributed by atoms with E-state index in [9.17, 15) is 4.39 Å². The van der Waals surface area contributed by atoms with Crippen molar-refractivity contribution in [1.29, 1.82) is 0 Å². The molecular weight excluding hydrogens is 211 g/mol. The molecule has 0 aliphatic rings. The van der Waals surface area contributed by atoms with Gasteiger partial charge in [-0.25, -0.2) is 4.39 Å². The summed E-state index contributed by atoms with van der Waals surface area (Å²) < 4.78 is 18.4. The third-order valence-corrected chi connectivity index (χ3v) is 2.15. The molecule has 0 spiro atoms. The van der Waals surface area contributed by atoms with Gasteiger partial charge in [0.15, 0.2) is 0 Å². The van der Waals surface area contributed by atoms with Crippen LogP contribution in [0.15, 0.2) is 22.6 Å². The van der Waals surface area contributed by atoms with Gasteiger partial charge >= 0.3 is 6.01 Å². The zero-order valence-electron chi connectivity index (χ0n) is 8.70. The Kier molecular flexibility index (Phi) is 2.82. The van der Waals surface area contributed by atoms with Crippen LogP contribution in [0.25, 0.3) is 0 Å². The fourth-order valence-corrected chi connectivity index (χ4v) is 1.24. The summed E-state index contributed by atoms with van der Waals surface area (Å²) in [7, 11) is 0. The summed E-state index contributed by atoms with van der Waals surface area (Å²) >= 11 is 0. The molecule has 0 aliphatic carbocycles. The Morgan fingerprint density at radius 1 is 1.44 bits per heavy atom. The molecule has 2 rings (SSSR count). The molecule has 3 N–H and O–H groups in total. The van der Waals surface area contributed by atoms with Gasteiger partial charge in [-0.05, 0) is 19.1 Å². The van der Waals surface area contributed by atoms with Gasteiger partial charge in [-0.1, -0.05) is 11.2 Å². The molecule has 0 fully saturated rings. The summed E-state index contributed by atoms with van der Waals surface area (Å²) in [6.45, 7) is 1.84. The van der Waals surface area contributed by atoms with E-state index < -0.39 is 0 Å². The Hall–Kier alpha value is -1.95. The molecule has 0 atom stereocenters. The topological polar surface area (TPSA) is 77.0 Å². The Morgan fingerprint density at radius 2 is 2.25 bits per heavy atom. The van der Waals surface area contributed by atoms with Gasteiger partial charge in [0.25, 0.3) is 0 Å². The number of benzene rings is 1. The predicted octanol–water partition coefficient (Wildman–Crippen LogP) is 1.72. The SMILES string of the molecule is Cc1c(F)cccc1Nc1nnc(CN)o1. The average Bonchev–Trinajstić information content (AvgIpc) is 2.73. The number of hydrogen-bond donors (Lipinski definition) is 2. The molecule has 0 unspecified atom stereocenters. The lowest BCUT2D eigenvalue weighted by Gasteiger charge is -2.05. The van der Waals surface area contributed by atoms with Crippen molar-refractivity contribution in [2.45, 2.75) is 13.5 Å². The molecule has 2 aromatic rings. The van der Waals surface area contributed by atoms with Crippen LogP contribution in [-0.2, 0) is 6.54 Å². The number of hydrogen-bond acceptors (Lipinski definition) is 5. The normalized spacial score (nSPS) is 10.4. The lowest BCUT2D eigenvalue weighted by atomic mass is 10.2. The van der Waals surface area contributed by atoms with Gasteiger partial charge in [0.1, 0.15) is 5.82 Å². The van der Waals surface area contributed by atoms with Gasteiger partial charge in [0, 0.05) is 11.3 Å². The second-order valence-electron chi connectivity index (χ2n) is 3.24. The van der Waals surface area contributed by atoms with E-state index in [4.69, 9.17) is 10.2 Å². The van der Waals surface area contributed by atoms with Crippen LogP contribution in [0.5, 0.6) is 0 Å². The molecular formula is C10H11FN4O. The first-order valence-electron chi connectivity index (χ1n) is 4.75. The number of aromatic nitrogens is 2. The summed E-state index contributed by atoms with van der Waals surface area (Å²) in [6, 6.07) is 4.92. The van der Waals surface area contributed by atoms with Crippen molar-refractivity contribution >= 4 is 11.7 Å². The van der Waals surface area contributed by atoms with Gasteiger partial charge in [0.05, 0.1) is 6.54 Å². The maximum Gasteiger partial charge on any atom is 0.320 e. The lowest BCUT2D eigenvalue weighted by Crippen LogP contribution is -1.95. The van der Waals surface area contributed by atoms with Crippen LogP contribution in [0.2, 0.25) is 0 Å². The largest absolute Gasteiger partial charge is 0.406 e. The predicted molar refractivity (Wildman–Crippen MR) is 56.6 cm³/mol. The fourth-order valence-electron chi connectivity index (χ4n) is 1.24. The maximum absolute atomic E-state index is 13.2. The van der Waals surface area contributed by atoms with Crippen molar-refractivity contribution in [1.82, 2.24) is 10.2 Å². The molecule has 1 heterocycles. The Morgan fingerprint density at radius 3 is 2.94 bits per heavy atom. The van der Waals surface area contributed by atoms with E-state index in [0.717, 1.165) is 0 Å². The molecule has 0 radical (unpaired) electrons. The van der Waals surface area contributed by atoms with Crippen LogP contribution in [0.4, 0.5) is 16.1 Å². The van der Waals surface area contributed by atoms with Gasteiger partial charge in [0.2, 0.25) is 5.89 Å². The Labute approximate surface area is 91.5 Å². The second kappa shape index (κ2) is 4.28. The summed E-state index contributed by atoms with van der Waals surface area (Å²) in [5.41, 5.74) is 6.41. The summed E-state index contributed by atoms with van der Waals surface area (Å²) in [6.07, 6.45) is 0. The van der Waals surface area contributed by atoms with Crippen LogP contribution < -0.4 is 11.1 Å². The second-order valence-corrected chi connectivity index (χ2v) is 3.24. The summed E-state index contributed by atoms with van der Waals surface area (Å²) in [5, 5.41) is 10.2. The highest BCUT2D eigenvalue weighted by molar-refractivity contribution is 5.57. The molecule has 5 nitrogen and oxygen atoms in total. The standard InChI is InChI=1S/C10H11FN4O/c1-6-7(11)3-2-4-8(6)13-10-15-14-9(5-12)16-10/h2-4H,5,12H2,1H3,(H,13,15). The van der Waals surface area contributed by atoms with Gasteiger partial charge < -0.3 is 15.5 Å². The number of nitrogens with zero attached hydrogens (tertiary/aromatic N) is 2. The number of nitrogens with one attached hydrogen (secondary N) is 1. The van der Waals surface area contributed by atoms with E-state index in [0.29, 0.717) is 17.1 Å². The van der Waals surface area contributed by atoms with Crippen molar-refractivity contribution in [2.75, 3.05) is 5.32 Å². The number of nitrogens with two attached hydrogens (primary N) is 1. The summed E-state index contributed by atoms with van der Waals surface area (Å²) in [5.74, 6) is 0.0418. The van der Waals surface area contributed by atoms with Gasteiger partial charge in [-0.2, -0.15) is 0 Å². The fraction of sp³-hybridized carbons (Fsp3) is 0.200. The van der Waals surface area contributed by atoms with Gasteiger partial charge in [-0.15, -0.1) is 5.10 Å². The van der Waals surface area contributed by atoms with Crippen molar-refractivity contribution in [2.24, 2.45) is 5.73 Å². The molecule has 6 heteroatoms. The van der Waals surface area contributed by atoms with E-state index in [1.807, 2.05) is 0 Å². The first kappa shape index (κ1) is 10.6. The van der Waals surface area contributed by atoms with Crippen molar-refractivity contribution in [3.63, 3.8) is 0 Å². The smallest absolute Gasteiger partial charge is 0.320 e. The first-order chi connectivity index (χ1) is 7.70. The monoisotopic (exact) mass is 222 g/mol. The highest BCUT2D eigenvalue weighted by Crippen LogP contribution is 2.21.